The Balaban J connectivity index is 0.00000876. The molecule has 0 saturated heterocycles. The van der Waals surface area contributed by atoms with E-state index in [1.54, 1.807) is 0 Å². The highest BCUT2D eigenvalue weighted by molar-refractivity contribution is 7.01. The van der Waals surface area contributed by atoms with Crippen molar-refractivity contribution in [2.24, 2.45) is 0 Å². The normalized spacial score (nSPS) is 13.2. The van der Waals surface area contributed by atoms with Gasteiger partial charge in [0.1, 0.15) is 23.0 Å². The molecule has 9 heteroatoms. The van der Waals surface area contributed by atoms with E-state index in [4.69, 9.17) is 9.47 Å². The third kappa shape index (κ3) is 11.3. The van der Waals surface area contributed by atoms with E-state index in [-0.39, 0.29) is 20.9 Å². The Morgan fingerprint density at radius 2 is 0.600 bits per heavy atom. The molecule has 19 aromatic carbocycles. The van der Waals surface area contributed by atoms with Crippen LogP contribution in [0, 0.1) is 0 Å². The van der Waals surface area contributed by atoms with E-state index in [1.807, 2.05) is 0 Å². The smallest absolute Gasteiger partial charge is 0.256 e. The van der Waals surface area contributed by atoms with Gasteiger partial charge in [-0.1, -0.05) is 353 Å². The Morgan fingerprint density at radius 3 is 1.16 bits per heavy atom. The van der Waals surface area contributed by atoms with E-state index in [9.17, 15) is 0 Å². The first kappa shape index (κ1) is 72.9. The Morgan fingerprint density at radius 1 is 0.216 bits per heavy atom. The molecule has 25 rings (SSSR count). The summed E-state index contributed by atoms with van der Waals surface area (Å²) < 4.78 is 16.3. The van der Waals surface area contributed by atoms with Crippen LogP contribution in [0.1, 0.15) is 29.7 Å². The summed E-state index contributed by atoms with van der Waals surface area (Å²) in [6, 6.07) is 168. The molecule has 7 nitrogen and oxygen atoms in total. The first-order valence-electron chi connectivity index (χ1n) is 42.8. The quantitative estimate of drug-likeness (QED) is 0.106. The van der Waals surface area contributed by atoms with Gasteiger partial charge in [0.05, 0.1) is 33.9 Å². The zero-order valence-electron chi connectivity index (χ0n) is 67.5. The third-order valence-corrected chi connectivity index (χ3v) is 26.3. The molecule has 0 saturated carbocycles. The van der Waals surface area contributed by atoms with Crippen molar-refractivity contribution < 1.29 is 9.47 Å². The molecule has 6 aliphatic rings. The van der Waals surface area contributed by atoms with Crippen LogP contribution in [0.25, 0.3) is 55.6 Å². The SMILES string of the molecule is C.c1ccc(-c2ccccc2N(c2ccccc2)c2cc3c4c(c2)N(c2ccccc2-c2ccccc2)c2ccccc2B4c2cc4c(cc2O3)Oc2cc3c(cc2C42c4ccccc4-c4ccccc42)B2c4ccccc4N(c4ccccc4)c4cc(N(c5ccccc5)c5ccccc5)cc(c42)N3c2c(-c3ccccc3)cccc2-c2ccccc2)cc1. The Bertz CT molecular complexity index is 7330. The first-order valence-corrected chi connectivity index (χ1v) is 42.8. The predicted octanol–water partition coefficient (Wildman–Crippen LogP) is 26.9. The van der Waals surface area contributed by atoms with Crippen LogP contribution < -0.4 is 66.8 Å². The van der Waals surface area contributed by atoms with Crippen molar-refractivity contribution >= 4 is 132 Å². The van der Waals surface area contributed by atoms with Gasteiger partial charge in [-0.15, -0.1) is 0 Å². The molecule has 1 spiro atoms. The van der Waals surface area contributed by atoms with Gasteiger partial charge < -0.3 is 34.0 Å². The summed E-state index contributed by atoms with van der Waals surface area (Å²) in [4.78, 5) is 12.5. The summed E-state index contributed by atoms with van der Waals surface area (Å²) in [6.45, 7) is -0.652. The Hall–Kier alpha value is -16.1. The van der Waals surface area contributed by atoms with E-state index in [0.29, 0.717) is 5.75 Å². The van der Waals surface area contributed by atoms with Crippen molar-refractivity contribution in [1.29, 1.82) is 0 Å². The van der Waals surface area contributed by atoms with Crippen LogP contribution in [0.3, 0.4) is 0 Å². The van der Waals surface area contributed by atoms with E-state index < -0.39 is 5.41 Å². The van der Waals surface area contributed by atoms with E-state index in [0.717, 1.165) is 180 Å². The van der Waals surface area contributed by atoms with E-state index in [2.05, 4.69) is 479 Å². The minimum Gasteiger partial charge on any atom is -0.458 e. The van der Waals surface area contributed by atoms with Gasteiger partial charge in [0.15, 0.2) is 0 Å². The van der Waals surface area contributed by atoms with Gasteiger partial charge in [-0.2, -0.15) is 0 Å². The zero-order valence-corrected chi connectivity index (χ0v) is 67.5. The lowest BCUT2D eigenvalue weighted by atomic mass is 9.33. The third-order valence-electron chi connectivity index (χ3n) is 26.3. The van der Waals surface area contributed by atoms with Crippen molar-refractivity contribution in [3.05, 3.63) is 477 Å². The highest BCUT2D eigenvalue weighted by Crippen LogP contribution is 2.65. The van der Waals surface area contributed by atoms with Gasteiger partial charge in [0, 0.05) is 108 Å². The molecule has 0 N–H and O–H groups in total. The van der Waals surface area contributed by atoms with Gasteiger partial charge in [0.2, 0.25) is 0 Å². The molecule has 0 amide bonds. The number of hydrogen-bond donors (Lipinski definition) is 0. The predicted molar refractivity (Wildman–Crippen MR) is 522 cm³/mol. The molecule has 0 unspecified atom stereocenters. The average Bonchev–Trinajstić information content (AvgIpc) is 1.62. The minimum absolute atomic E-state index is 0. The number of anilines is 15. The molecule has 0 bridgehead atoms. The minimum atomic E-state index is -0.977. The molecule has 1 aliphatic carbocycles. The number of rotatable bonds is 13. The van der Waals surface area contributed by atoms with Crippen molar-refractivity contribution in [1.82, 2.24) is 0 Å². The highest BCUT2D eigenvalue weighted by atomic mass is 16.5. The van der Waals surface area contributed by atoms with E-state index >= 15 is 0 Å². The maximum Gasteiger partial charge on any atom is 0.256 e. The highest BCUT2D eigenvalue weighted by Gasteiger charge is 2.55. The lowest BCUT2D eigenvalue weighted by Gasteiger charge is -2.47. The van der Waals surface area contributed by atoms with Crippen LogP contribution in [0.5, 0.6) is 23.0 Å². The zero-order chi connectivity index (χ0) is 81.5. The lowest BCUT2D eigenvalue weighted by molar-refractivity contribution is 0.428. The Labute approximate surface area is 729 Å². The molecule has 586 valence electrons. The molecule has 5 heterocycles. The molecule has 19 aromatic rings. The summed E-state index contributed by atoms with van der Waals surface area (Å²) in [7, 11) is 0. The van der Waals surface area contributed by atoms with Crippen LogP contribution in [0.4, 0.5) is 85.3 Å². The fraction of sp³-hybridized carbons (Fsp3) is 0.0172. The topological polar surface area (TPSA) is 34.7 Å². The molecule has 0 atom stereocenters. The van der Waals surface area contributed by atoms with Crippen LogP contribution >= 0.6 is 0 Å². The summed E-state index contributed by atoms with van der Waals surface area (Å²) in [5.74, 6) is 2.95. The lowest BCUT2D eigenvalue weighted by Crippen LogP contribution is -2.61. The molecular formula is C116H79B2N5O2. The number of para-hydroxylation sites is 9. The first-order chi connectivity index (χ1) is 61.6. The Kier molecular flexibility index (Phi) is 17.1. The molecular weight excluding hydrogens is 1520 g/mol. The van der Waals surface area contributed by atoms with Gasteiger partial charge in [0.25, 0.3) is 13.4 Å². The average molecular weight is 1600 g/mol. The number of ether oxygens (including phenoxy) is 2. The molecule has 0 aromatic heterocycles. The van der Waals surface area contributed by atoms with Crippen molar-refractivity contribution in [2.75, 3.05) is 24.5 Å². The van der Waals surface area contributed by atoms with Gasteiger partial charge in [-0.3, -0.25) is 0 Å². The summed E-state index contributed by atoms with van der Waals surface area (Å²) in [5.41, 5.74) is 37.1. The van der Waals surface area contributed by atoms with Crippen LogP contribution in [-0.4, -0.2) is 13.4 Å². The summed E-state index contributed by atoms with van der Waals surface area (Å²) in [5, 5.41) is 0. The van der Waals surface area contributed by atoms with Crippen LogP contribution in [0.2, 0.25) is 0 Å². The van der Waals surface area contributed by atoms with Gasteiger partial charge in [-0.25, -0.2) is 0 Å². The van der Waals surface area contributed by atoms with Crippen LogP contribution in [-0.2, 0) is 5.41 Å². The second-order valence-electron chi connectivity index (χ2n) is 32.8. The molecule has 5 aliphatic heterocycles. The molecule has 0 fully saturated rings. The number of nitrogens with zero attached hydrogens (tertiary/aromatic N) is 5. The van der Waals surface area contributed by atoms with Crippen molar-refractivity contribution in [2.45, 2.75) is 12.8 Å². The van der Waals surface area contributed by atoms with Gasteiger partial charge in [-0.05, 0) is 168 Å². The van der Waals surface area contributed by atoms with Gasteiger partial charge >= 0.3 is 0 Å². The van der Waals surface area contributed by atoms with Crippen molar-refractivity contribution in [3.63, 3.8) is 0 Å². The largest absolute Gasteiger partial charge is 0.458 e. The number of benzene rings is 19. The standard InChI is InChI=1S/C115H75B2N5O2.CH4/c1-9-38-76(39-10-1)86-54-27-33-64-100(86)119(82-50-21-7-22-51-82)85-70-107-113-111(71-85)124-110-75-109-95(73-99(110)117(113)97-63-32-36-67-103(97)121(107)101-65-34-28-55-87(101)77-40-11-2-12-41-77)115(92-60-29-25-56-90(92)91-57-26-30-61-93(91)115)94-72-98-104(74-108(94)123-109)122(114-88(78-42-13-3-14-43-78)58-37-59-89(114)79-44-15-4-16-45-79)106-69-84(118(80-46-17-5-18-47-80)81-48-19-6-20-49-81)68-105-112(106)116(98)96-62-31-35-66-102(96)120(105)83-52-23-8-24-53-83;/h1-75H;1H4. The maximum atomic E-state index is 8.24. The molecule has 125 heavy (non-hydrogen) atoms. The van der Waals surface area contributed by atoms with E-state index in [1.165, 1.54) is 33.2 Å². The monoisotopic (exact) mass is 1600 g/mol. The number of hydrogen-bond acceptors (Lipinski definition) is 7. The van der Waals surface area contributed by atoms with Crippen LogP contribution in [0.15, 0.2) is 455 Å². The second-order valence-corrected chi connectivity index (χ2v) is 32.8. The molecule has 0 radical (unpaired) electrons. The summed E-state index contributed by atoms with van der Waals surface area (Å²) in [6.07, 6.45) is 0. The fourth-order valence-corrected chi connectivity index (χ4v) is 21.3. The van der Waals surface area contributed by atoms with Crippen molar-refractivity contribution in [3.8, 4) is 78.6 Å². The maximum absolute atomic E-state index is 8.24. The number of fused-ring (bicyclic) bond motifs is 17. The fourth-order valence-electron chi connectivity index (χ4n) is 21.3. The second kappa shape index (κ2) is 29.4. The summed E-state index contributed by atoms with van der Waals surface area (Å²) >= 11 is 0.